The number of pyridine rings is 1. The van der Waals surface area contributed by atoms with Crippen molar-refractivity contribution in [1.29, 1.82) is 0 Å². The molecular weight excluding hydrogens is 386 g/mol. The van der Waals surface area contributed by atoms with E-state index in [1.165, 1.54) is 32.1 Å². The first kappa shape index (κ1) is 20.4. The summed E-state index contributed by atoms with van der Waals surface area (Å²) in [6.45, 7) is 5.02. The fraction of sp³-hybridized carbons (Fsp3) is 0.619. The maximum atomic E-state index is 8.56. The summed E-state index contributed by atoms with van der Waals surface area (Å²) < 4.78 is 1.99. The summed E-state index contributed by atoms with van der Waals surface area (Å²) in [4.78, 5) is 19.3. The fourth-order valence-electron chi connectivity index (χ4n) is 4.62. The first-order valence-electron chi connectivity index (χ1n) is 10.7. The van der Waals surface area contributed by atoms with Gasteiger partial charge in [-0.25, -0.2) is 14.5 Å². The number of aromatic nitrogens is 3. The van der Waals surface area contributed by atoms with Crippen LogP contribution in [0.5, 0.6) is 0 Å². The molecule has 2 saturated carbocycles. The molecular formula is C21H29N5O4. The molecule has 9 heteroatoms. The number of rotatable bonds is 4. The summed E-state index contributed by atoms with van der Waals surface area (Å²) in [5.41, 5.74) is 5.26. The molecule has 3 aliphatic rings. The number of oxime groups is 1. The van der Waals surface area contributed by atoms with E-state index < -0.39 is 6.16 Å². The van der Waals surface area contributed by atoms with Gasteiger partial charge in [-0.05, 0) is 58.8 Å². The lowest BCUT2D eigenvalue weighted by molar-refractivity contribution is -0.0126. The maximum absolute atomic E-state index is 8.56. The molecule has 30 heavy (non-hydrogen) atoms. The van der Waals surface area contributed by atoms with Crippen molar-refractivity contribution < 1.29 is 19.8 Å². The van der Waals surface area contributed by atoms with E-state index in [1.807, 2.05) is 10.9 Å². The Balaban J connectivity index is 0.000000503. The minimum absolute atomic E-state index is 0.0549. The highest BCUT2D eigenvalue weighted by atomic mass is 16.7. The van der Waals surface area contributed by atoms with Crippen LogP contribution in [0.2, 0.25) is 0 Å². The summed E-state index contributed by atoms with van der Waals surface area (Å²) in [5, 5.41) is 28.1. The summed E-state index contributed by atoms with van der Waals surface area (Å²) in [6, 6.07) is 0.548. The molecule has 0 saturated heterocycles. The van der Waals surface area contributed by atoms with Crippen LogP contribution in [0.3, 0.4) is 0 Å². The molecule has 0 atom stereocenters. The molecule has 3 heterocycles. The van der Waals surface area contributed by atoms with Gasteiger partial charge in [-0.3, -0.25) is 0 Å². The molecule has 0 radical (unpaired) electrons. The van der Waals surface area contributed by atoms with Gasteiger partial charge in [0.1, 0.15) is 5.60 Å². The summed E-state index contributed by atoms with van der Waals surface area (Å²) >= 11 is 0. The van der Waals surface area contributed by atoms with Crippen molar-refractivity contribution in [1.82, 2.24) is 14.8 Å². The monoisotopic (exact) mass is 415 g/mol. The first-order valence-corrected chi connectivity index (χ1v) is 10.7. The highest BCUT2D eigenvalue weighted by Gasteiger charge is 2.42. The maximum Gasteiger partial charge on any atom is 0.503 e. The minimum atomic E-state index is -1.83. The van der Waals surface area contributed by atoms with E-state index >= 15 is 0 Å². The molecule has 0 unspecified atom stereocenters. The zero-order valence-corrected chi connectivity index (χ0v) is 17.5. The molecule has 0 amide bonds. The Morgan fingerprint density at radius 3 is 2.60 bits per heavy atom. The Morgan fingerprint density at radius 2 is 2.00 bits per heavy atom. The molecule has 0 bridgehead atoms. The SMILES string of the molecule is CCn1nc(C)c2c(NC3CCC3)c(C3=NOC4(CCCC4)C3)cnc21.O=C(O)O. The van der Waals surface area contributed by atoms with Gasteiger partial charge in [-0.2, -0.15) is 5.10 Å². The van der Waals surface area contributed by atoms with Gasteiger partial charge in [0.15, 0.2) is 5.65 Å². The smallest absolute Gasteiger partial charge is 0.450 e. The lowest BCUT2D eigenvalue weighted by atomic mass is 9.90. The van der Waals surface area contributed by atoms with Crippen molar-refractivity contribution in [2.75, 3.05) is 5.32 Å². The zero-order valence-electron chi connectivity index (χ0n) is 17.5. The van der Waals surface area contributed by atoms with Crippen LogP contribution in [0.25, 0.3) is 11.0 Å². The molecule has 9 nitrogen and oxygen atoms in total. The van der Waals surface area contributed by atoms with Crippen LogP contribution in [-0.2, 0) is 11.4 Å². The number of hydrogen-bond acceptors (Lipinski definition) is 6. The van der Waals surface area contributed by atoms with E-state index in [0.29, 0.717) is 6.04 Å². The normalized spacial score (nSPS) is 19.7. The van der Waals surface area contributed by atoms with Crippen LogP contribution in [-0.4, -0.2) is 48.5 Å². The van der Waals surface area contributed by atoms with E-state index in [9.17, 15) is 0 Å². The second kappa shape index (κ2) is 8.12. The topological polar surface area (TPSA) is 122 Å². The fourth-order valence-corrected chi connectivity index (χ4v) is 4.62. The van der Waals surface area contributed by atoms with E-state index in [2.05, 4.69) is 24.3 Å². The number of fused-ring (bicyclic) bond motifs is 1. The second-order valence-electron chi connectivity index (χ2n) is 8.40. The summed E-state index contributed by atoms with van der Waals surface area (Å²) in [5.74, 6) is 0. The second-order valence-corrected chi connectivity index (χ2v) is 8.40. The molecule has 5 rings (SSSR count). The van der Waals surface area contributed by atoms with E-state index in [0.717, 1.165) is 59.5 Å². The van der Waals surface area contributed by atoms with Gasteiger partial charge in [0.05, 0.1) is 22.5 Å². The standard InChI is InChI=1S/C20H27N5O.CH2O3/c1-3-25-19-17(13(2)23-25)18(22-14-7-6-8-14)15(12-21-19)16-11-20(26-24-16)9-4-5-10-20;2-1(3)4/h12,14H,3-11H2,1-2H3,(H,21,22);(H2,2,3,4). The molecule has 3 N–H and O–H groups in total. The van der Waals surface area contributed by atoms with Crippen LogP contribution in [0.1, 0.15) is 69.5 Å². The van der Waals surface area contributed by atoms with Gasteiger partial charge >= 0.3 is 6.16 Å². The molecule has 1 spiro atoms. The van der Waals surface area contributed by atoms with Crippen molar-refractivity contribution in [3.63, 3.8) is 0 Å². The van der Waals surface area contributed by atoms with E-state index in [4.69, 9.17) is 29.9 Å². The Labute approximate surface area is 175 Å². The molecule has 2 aromatic rings. The first-order chi connectivity index (χ1) is 14.4. The lowest BCUT2D eigenvalue weighted by Gasteiger charge is -2.29. The molecule has 0 aromatic carbocycles. The third-order valence-electron chi connectivity index (χ3n) is 6.35. The third-order valence-corrected chi connectivity index (χ3v) is 6.35. The number of hydrogen-bond donors (Lipinski definition) is 3. The van der Waals surface area contributed by atoms with Crippen molar-refractivity contribution >= 4 is 28.6 Å². The predicted molar refractivity (Wildman–Crippen MR) is 113 cm³/mol. The van der Waals surface area contributed by atoms with Gasteiger partial charge in [-0.1, -0.05) is 5.16 Å². The van der Waals surface area contributed by atoms with E-state index in [-0.39, 0.29) is 5.60 Å². The molecule has 2 fully saturated rings. The average molecular weight is 415 g/mol. The van der Waals surface area contributed by atoms with Crippen LogP contribution in [0.15, 0.2) is 11.4 Å². The number of anilines is 1. The van der Waals surface area contributed by atoms with Crippen LogP contribution in [0.4, 0.5) is 10.5 Å². The van der Waals surface area contributed by atoms with Crippen LogP contribution >= 0.6 is 0 Å². The number of nitrogens with zero attached hydrogens (tertiary/aromatic N) is 4. The van der Waals surface area contributed by atoms with Crippen molar-refractivity contribution in [3.8, 4) is 0 Å². The van der Waals surface area contributed by atoms with Crippen molar-refractivity contribution in [2.24, 2.45) is 5.16 Å². The lowest BCUT2D eigenvalue weighted by Crippen LogP contribution is -2.29. The molecule has 1 aliphatic heterocycles. The summed E-state index contributed by atoms with van der Waals surface area (Å²) in [7, 11) is 0. The Kier molecular flexibility index (Phi) is 5.53. The highest BCUT2D eigenvalue weighted by Crippen LogP contribution is 2.43. The number of aryl methyl sites for hydroxylation is 2. The molecule has 2 aromatic heterocycles. The number of carboxylic acid groups (broad SMARTS) is 2. The Hall–Kier alpha value is -2.84. The Morgan fingerprint density at radius 1 is 1.30 bits per heavy atom. The van der Waals surface area contributed by atoms with Crippen LogP contribution in [0, 0.1) is 6.92 Å². The van der Waals surface area contributed by atoms with Crippen molar-refractivity contribution in [2.45, 2.75) is 83.4 Å². The Bertz CT molecular complexity index is 969. The predicted octanol–water partition coefficient (Wildman–Crippen LogP) is 4.38. The van der Waals surface area contributed by atoms with E-state index in [1.54, 1.807) is 0 Å². The molecule has 162 valence electrons. The quantitative estimate of drug-likeness (QED) is 0.677. The number of nitrogens with one attached hydrogen (secondary N) is 1. The van der Waals surface area contributed by atoms with Gasteiger partial charge in [0.25, 0.3) is 0 Å². The average Bonchev–Trinajstić information content (AvgIpc) is 3.38. The largest absolute Gasteiger partial charge is 0.503 e. The minimum Gasteiger partial charge on any atom is -0.450 e. The van der Waals surface area contributed by atoms with Gasteiger partial charge in [0.2, 0.25) is 0 Å². The third kappa shape index (κ3) is 3.80. The van der Waals surface area contributed by atoms with Gasteiger partial charge in [-0.15, -0.1) is 0 Å². The zero-order chi connectivity index (χ0) is 21.3. The van der Waals surface area contributed by atoms with Crippen LogP contribution < -0.4 is 5.32 Å². The summed E-state index contributed by atoms with van der Waals surface area (Å²) in [6.07, 6.45) is 9.55. The molecule has 2 aliphatic carbocycles. The van der Waals surface area contributed by atoms with Gasteiger partial charge in [0, 0.05) is 30.8 Å². The van der Waals surface area contributed by atoms with Gasteiger partial charge < -0.3 is 20.4 Å². The highest BCUT2D eigenvalue weighted by molar-refractivity contribution is 6.11. The van der Waals surface area contributed by atoms with Crippen molar-refractivity contribution in [3.05, 3.63) is 17.5 Å². The number of carbonyl (C=O) groups is 1.